The van der Waals surface area contributed by atoms with Crippen molar-refractivity contribution in [1.29, 1.82) is 0 Å². The Morgan fingerprint density at radius 2 is 1.91 bits per heavy atom. The van der Waals surface area contributed by atoms with E-state index in [-0.39, 0.29) is 6.04 Å². The maximum absolute atomic E-state index is 6.21. The summed E-state index contributed by atoms with van der Waals surface area (Å²) in [7, 11) is 0. The van der Waals surface area contributed by atoms with Crippen LogP contribution in [0.25, 0.3) is 11.3 Å². The van der Waals surface area contributed by atoms with Crippen LogP contribution in [0.4, 0.5) is 5.95 Å². The van der Waals surface area contributed by atoms with E-state index < -0.39 is 0 Å². The number of hydrogen-bond acceptors (Lipinski definition) is 7. The molecule has 5 rings (SSSR count). The van der Waals surface area contributed by atoms with Crippen molar-refractivity contribution in [1.82, 2.24) is 14.9 Å². The molecule has 1 aliphatic carbocycles. The van der Waals surface area contributed by atoms with Gasteiger partial charge in [-0.05, 0) is 56.1 Å². The summed E-state index contributed by atoms with van der Waals surface area (Å²) < 4.78 is 18.0. The molecule has 0 spiro atoms. The molecule has 1 aromatic carbocycles. The summed E-state index contributed by atoms with van der Waals surface area (Å²) in [5.74, 6) is 1.54. The fourth-order valence-electron chi connectivity index (χ4n) is 4.61. The zero-order valence-corrected chi connectivity index (χ0v) is 20.2. The van der Waals surface area contributed by atoms with Crippen LogP contribution in [0.15, 0.2) is 72.2 Å². The monoisotopic (exact) mass is 474 g/mol. The molecule has 2 aliphatic heterocycles. The van der Waals surface area contributed by atoms with E-state index in [1.54, 1.807) is 6.20 Å². The Labute approximate surface area is 207 Å². The number of rotatable bonds is 4. The van der Waals surface area contributed by atoms with Crippen molar-refractivity contribution >= 4 is 5.95 Å². The highest BCUT2D eigenvalue weighted by molar-refractivity contribution is 5.61. The van der Waals surface area contributed by atoms with Gasteiger partial charge < -0.3 is 19.5 Å². The number of benzene rings is 1. The summed E-state index contributed by atoms with van der Waals surface area (Å²) in [5.41, 5.74) is 4.11. The predicted octanol–water partition coefficient (Wildman–Crippen LogP) is 4.35. The molecule has 2 aromatic rings. The molecular formula is C28H34N4O3. The van der Waals surface area contributed by atoms with Gasteiger partial charge in [0, 0.05) is 23.9 Å². The van der Waals surface area contributed by atoms with E-state index in [1.165, 1.54) is 25.9 Å². The van der Waals surface area contributed by atoms with E-state index >= 15 is 0 Å². The summed E-state index contributed by atoms with van der Waals surface area (Å²) in [6.07, 6.45) is 13.6. The highest BCUT2D eigenvalue weighted by atomic mass is 16.5. The number of nitrogens with one attached hydrogen (secondary N) is 1. The van der Waals surface area contributed by atoms with Crippen LogP contribution in [-0.2, 0) is 20.8 Å². The van der Waals surface area contributed by atoms with Crippen LogP contribution in [0.1, 0.15) is 24.8 Å². The lowest BCUT2D eigenvalue weighted by Gasteiger charge is -2.24. The van der Waals surface area contributed by atoms with Crippen molar-refractivity contribution < 1.29 is 14.2 Å². The number of likely N-dealkylation sites (tertiary alicyclic amines) is 1. The molecule has 35 heavy (non-hydrogen) atoms. The quantitative estimate of drug-likeness (QED) is 0.661. The lowest BCUT2D eigenvalue weighted by atomic mass is 10.0. The van der Waals surface area contributed by atoms with Gasteiger partial charge in [0.25, 0.3) is 0 Å². The van der Waals surface area contributed by atoms with E-state index in [0.29, 0.717) is 39.0 Å². The largest absolute Gasteiger partial charge is 0.492 e. The van der Waals surface area contributed by atoms with E-state index in [9.17, 15) is 0 Å². The Bertz CT molecular complexity index is 1080. The van der Waals surface area contributed by atoms with Crippen LogP contribution >= 0.6 is 0 Å². The van der Waals surface area contributed by atoms with Crippen molar-refractivity contribution in [2.75, 3.05) is 51.4 Å². The molecule has 7 heteroatoms. The molecule has 0 amide bonds. The van der Waals surface area contributed by atoms with Crippen molar-refractivity contribution in [2.45, 2.75) is 31.9 Å². The van der Waals surface area contributed by atoms with Crippen LogP contribution in [0.2, 0.25) is 0 Å². The van der Waals surface area contributed by atoms with Crippen molar-refractivity contribution in [3.63, 3.8) is 0 Å². The van der Waals surface area contributed by atoms with Gasteiger partial charge in [-0.25, -0.2) is 9.97 Å². The van der Waals surface area contributed by atoms with Gasteiger partial charge in [-0.1, -0.05) is 36.4 Å². The second-order valence-corrected chi connectivity index (χ2v) is 9.11. The fourth-order valence-corrected chi connectivity index (χ4v) is 4.61. The molecule has 1 unspecified atom stereocenters. The standard InChI is InChI=1S/C28H34N4O3/c1-2-13-32(12-1)14-17-35-27-9-8-25-19-24(27)21-34-16-4-3-15-33-20-22-6-5-7-23(18-22)26-10-11-29-28(30-25)31-26/h3-7,9-11,18-19,25H,1-2,8,12-17,20-21H2,(H,29,30,31). The van der Waals surface area contributed by atoms with Gasteiger partial charge >= 0.3 is 0 Å². The van der Waals surface area contributed by atoms with E-state index in [0.717, 1.165) is 41.1 Å². The predicted molar refractivity (Wildman–Crippen MR) is 137 cm³/mol. The second kappa shape index (κ2) is 12.1. The van der Waals surface area contributed by atoms with Gasteiger partial charge in [0.05, 0.1) is 38.2 Å². The molecule has 1 aromatic heterocycles. The van der Waals surface area contributed by atoms with E-state index in [1.807, 2.05) is 24.3 Å². The zero-order valence-electron chi connectivity index (χ0n) is 20.2. The first-order chi connectivity index (χ1) is 17.3. The molecule has 0 radical (unpaired) electrons. The molecule has 1 saturated heterocycles. The van der Waals surface area contributed by atoms with Crippen LogP contribution in [-0.4, -0.2) is 67.0 Å². The Hall–Kier alpha value is -3.00. The Balaban J connectivity index is 1.32. The first-order valence-electron chi connectivity index (χ1n) is 12.6. The summed E-state index contributed by atoms with van der Waals surface area (Å²) in [6, 6.07) is 10.3. The number of hydrogen-bond donors (Lipinski definition) is 1. The molecule has 184 valence electrons. The summed E-state index contributed by atoms with van der Waals surface area (Å²) in [5, 5.41) is 3.48. The second-order valence-electron chi connectivity index (χ2n) is 9.11. The third kappa shape index (κ3) is 6.78. The highest BCUT2D eigenvalue weighted by Gasteiger charge is 2.19. The van der Waals surface area contributed by atoms with Crippen LogP contribution < -0.4 is 5.32 Å². The Morgan fingerprint density at radius 3 is 2.80 bits per heavy atom. The molecular weight excluding hydrogens is 440 g/mol. The Morgan fingerprint density at radius 1 is 1.06 bits per heavy atom. The van der Waals surface area contributed by atoms with Gasteiger partial charge in [0.15, 0.2) is 0 Å². The third-order valence-corrected chi connectivity index (χ3v) is 6.45. The minimum absolute atomic E-state index is 0.0731. The maximum Gasteiger partial charge on any atom is 0.223 e. The minimum atomic E-state index is 0.0731. The lowest BCUT2D eigenvalue weighted by molar-refractivity contribution is 0.144. The highest BCUT2D eigenvalue weighted by Crippen LogP contribution is 2.24. The number of fused-ring (bicyclic) bond motifs is 6. The first kappa shape index (κ1) is 23.7. The lowest BCUT2D eigenvalue weighted by Crippen LogP contribution is -2.26. The summed E-state index contributed by atoms with van der Waals surface area (Å²) >= 11 is 0. The molecule has 1 N–H and O–H groups in total. The number of aromatic nitrogens is 2. The minimum Gasteiger partial charge on any atom is -0.492 e. The van der Waals surface area contributed by atoms with Crippen LogP contribution in [0.5, 0.6) is 0 Å². The SMILES string of the molecule is C1=CCOCc2cccc(c2)-c2ccnc(n2)NC2C=C(COC1)C(OCCN1CCCC1)=CC2. The molecule has 3 heterocycles. The summed E-state index contributed by atoms with van der Waals surface area (Å²) in [4.78, 5) is 11.7. The normalized spacial score (nSPS) is 21.3. The van der Waals surface area contributed by atoms with Gasteiger partial charge in [0.2, 0.25) is 5.95 Å². The van der Waals surface area contributed by atoms with Crippen molar-refractivity contribution in [2.24, 2.45) is 0 Å². The summed E-state index contributed by atoms with van der Waals surface area (Å²) in [6.45, 7) is 6.14. The van der Waals surface area contributed by atoms with Crippen molar-refractivity contribution in [3.05, 3.63) is 77.7 Å². The average Bonchev–Trinajstić information content (AvgIpc) is 3.40. The van der Waals surface area contributed by atoms with Gasteiger partial charge in [0.1, 0.15) is 12.4 Å². The van der Waals surface area contributed by atoms with Gasteiger partial charge in [-0.15, -0.1) is 0 Å². The number of ether oxygens (including phenoxy) is 3. The zero-order chi connectivity index (χ0) is 23.7. The maximum atomic E-state index is 6.21. The third-order valence-electron chi connectivity index (χ3n) is 6.45. The molecule has 0 saturated carbocycles. The molecule has 1 atom stereocenters. The number of anilines is 1. The topological polar surface area (TPSA) is 68.7 Å². The molecule has 1 fully saturated rings. The number of nitrogens with zero attached hydrogens (tertiary/aromatic N) is 3. The van der Waals surface area contributed by atoms with Crippen molar-refractivity contribution in [3.8, 4) is 11.3 Å². The van der Waals surface area contributed by atoms with Gasteiger partial charge in [-0.2, -0.15) is 0 Å². The smallest absolute Gasteiger partial charge is 0.223 e. The fraction of sp³-hybridized carbons (Fsp3) is 0.429. The van der Waals surface area contributed by atoms with E-state index in [2.05, 4.69) is 45.6 Å². The van der Waals surface area contributed by atoms with E-state index in [4.69, 9.17) is 19.2 Å². The van der Waals surface area contributed by atoms with Gasteiger partial charge in [-0.3, -0.25) is 4.90 Å². The first-order valence-corrected chi connectivity index (χ1v) is 12.6. The molecule has 6 bridgehead atoms. The van der Waals surface area contributed by atoms with Crippen LogP contribution in [0.3, 0.4) is 0 Å². The average molecular weight is 475 g/mol. The van der Waals surface area contributed by atoms with Crippen LogP contribution in [0, 0.1) is 0 Å². The molecule has 3 aliphatic rings. The Kier molecular flexibility index (Phi) is 8.21. The molecule has 7 nitrogen and oxygen atoms in total.